The van der Waals surface area contributed by atoms with Gasteiger partial charge in [-0.05, 0) is 43.5 Å². The van der Waals surface area contributed by atoms with Crippen LogP contribution in [0.1, 0.15) is 16.7 Å². The van der Waals surface area contributed by atoms with E-state index in [-0.39, 0.29) is 23.8 Å². The number of aryl methyl sites for hydroxylation is 2. The van der Waals surface area contributed by atoms with Crippen LogP contribution in [0.25, 0.3) is 0 Å². The molecular formula is C14H15FN2O3. The normalized spacial score (nSPS) is 10.8. The largest absolute Gasteiger partial charge is 0.494 e. The molecule has 0 atom stereocenters. The Kier molecular flexibility index (Phi) is 3.74. The van der Waals surface area contributed by atoms with Crippen molar-refractivity contribution >= 4 is 0 Å². The molecule has 0 radical (unpaired) electrons. The third kappa shape index (κ3) is 2.64. The lowest BCUT2D eigenvalue weighted by molar-refractivity contribution is 0.395. The molecule has 106 valence electrons. The molecule has 1 heterocycles. The number of aromatic amines is 1. The Morgan fingerprint density at radius 1 is 1.30 bits per heavy atom. The number of aromatic hydroxyl groups is 1. The molecular weight excluding hydrogens is 263 g/mol. The van der Waals surface area contributed by atoms with Crippen LogP contribution in [-0.2, 0) is 13.0 Å². The Balaban J connectivity index is 2.30. The van der Waals surface area contributed by atoms with E-state index in [0.29, 0.717) is 6.42 Å². The standard InChI is InChI=1S/C14H15FN2O3/c1-8-7-11(15)4-3-10(8)5-6-17-13(19)9(2)12(18)16-14(17)20/h3-4,7,19H,5-6H2,1-2H3,(H,16,18,20). The molecule has 0 amide bonds. The van der Waals surface area contributed by atoms with Gasteiger partial charge in [0.1, 0.15) is 5.82 Å². The molecule has 0 fully saturated rings. The number of hydrogen-bond acceptors (Lipinski definition) is 3. The van der Waals surface area contributed by atoms with Crippen molar-refractivity contribution in [3.05, 3.63) is 61.5 Å². The van der Waals surface area contributed by atoms with Crippen molar-refractivity contribution in [2.24, 2.45) is 0 Å². The molecule has 0 aliphatic heterocycles. The van der Waals surface area contributed by atoms with E-state index < -0.39 is 11.2 Å². The summed E-state index contributed by atoms with van der Waals surface area (Å²) in [5.74, 6) is -0.648. The molecule has 2 rings (SSSR count). The first-order chi connectivity index (χ1) is 9.40. The van der Waals surface area contributed by atoms with E-state index in [1.165, 1.54) is 19.1 Å². The number of hydrogen-bond donors (Lipinski definition) is 2. The Morgan fingerprint density at radius 3 is 2.65 bits per heavy atom. The maximum absolute atomic E-state index is 13.0. The molecule has 5 nitrogen and oxygen atoms in total. The van der Waals surface area contributed by atoms with E-state index in [1.807, 2.05) is 0 Å². The molecule has 2 N–H and O–H groups in total. The smallest absolute Gasteiger partial charge is 0.331 e. The van der Waals surface area contributed by atoms with Crippen molar-refractivity contribution in [3.8, 4) is 5.88 Å². The summed E-state index contributed by atoms with van der Waals surface area (Å²) in [7, 11) is 0. The van der Waals surface area contributed by atoms with Crippen LogP contribution >= 0.6 is 0 Å². The predicted molar refractivity (Wildman–Crippen MR) is 72.6 cm³/mol. The Morgan fingerprint density at radius 2 is 2.00 bits per heavy atom. The summed E-state index contributed by atoms with van der Waals surface area (Å²) in [6, 6.07) is 4.41. The average Bonchev–Trinajstić information content (AvgIpc) is 2.38. The van der Waals surface area contributed by atoms with E-state index in [2.05, 4.69) is 4.98 Å². The first kappa shape index (κ1) is 14.0. The summed E-state index contributed by atoms with van der Waals surface area (Å²) in [6.45, 7) is 3.42. The molecule has 0 saturated carbocycles. The van der Waals surface area contributed by atoms with Gasteiger partial charge in [-0.15, -0.1) is 0 Å². The third-order valence-corrected chi connectivity index (χ3v) is 3.31. The van der Waals surface area contributed by atoms with Gasteiger partial charge in [0.05, 0.1) is 5.56 Å². The van der Waals surface area contributed by atoms with E-state index in [1.54, 1.807) is 13.0 Å². The zero-order chi connectivity index (χ0) is 14.9. The van der Waals surface area contributed by atoms with Crippen LogP contribution in [0.15, 0.2) is 27.8 Å². The van der Waals surface area contributed by atoms with Crippen molar-refractivity contribution in [2.45, 2.75) is 26.8 Å². The van der Waals surface area contributed by atoms with Crippen LogP contribution in [0.4, 0.5) is 4.39 Å². The molecule has 0 bridgehead atoms. The second-order valence-electron chi connectivity index (χ2n) is 4.68. The summed E-state index contributed by atoms with van der Waals surface area (Å²) in [5, 5.41) is 9.83. The van der Waals surface area contributed by atoms with Gasteiger partial charge >= 0.3 is 5.69 Å². The van der Waals surface area contributed by atoms with Crippen LogP contribution in [0.3, 0.4) is 0 Å². The monoisotopic (exact) mass is 278 g/mol. The highest BCUT2D eigenvalue weighted by molar-refractivity contribution is 5.27. The summed E-state index contributed by atoms with van der Waals surface area (Å²) < 4.78 is 14.1. The number of nitrogens with one attached hydrogen (secondary N) is 1. The van der Waals surface area contributed by atoms with Crippen molar-refractivity contribution in [2.75, 3.05) is 0 Å². The average molecular weight is 278 g/mol. The van der Waals surface area contributed by atoms with Gasteiger partial charge in [-0.25, -0.2) is 9.18 Å². The molecule has 2 aromatic rings. The summed E-state index contributed by atoms with van der Waals surface area (Å²) in [5.41, 5.74) is 0.500. The number of halogens is 1. The van der Waals surface area contributed by atoms with Gasteiger partial charge < -0.3 is 5.11 Å². The van der Waals surface area contributed by atoms with Crippen LogP contribution in [0.2, 0.25) is 0 Å². The lowest BCUT2D eigenvalue weighted by Gasteiger charge is -2.10. The molecule has 1 aromatic heterocycles. The molecule has 0 unspecified atom stereocenters. The lowest BCUT2D eigenvalue weighted by Crippen LogP contribution is -2.31. The SMILES string of the molecule is Cc1cc(F)ccc1CCn1c(O)c(C)c(=O)[nH]c1=O. The summed E-state index contributed by atoms with van der Waals surface area (Å²) in [6.07, 6.45) is 0.449. The highest BCUT2D eigenvalue weighted by Crippen LogP contribution is 2.13. The maximum atomic E-state index is 13.0. The van der Waals surface area contributed by atoms with Crippen LogP contribution in [-0.4, -0.2) is 14.7 Å². The fourth-order valence-electron chi connectivity index (χ4n) is 2.04. The maximum Gasteiger partial charge on any atom is 0.331 e. The van der Waals surface area contributed by atoms with E-state index in [9.17, 15) is 19.1 Å². The highest BCUT2D eigenvalue weighted by Gasteiger charge is 2.10. The minimum Gasteiger partial charge on any atom is -0.494 e. The molecule has 6 heteroatoms. The van der Waals surface area contributed by atoms with Gasteiger partial charge in [-0.3, -0.25) is 14.3 Å². The molecule has 0 aliphatic rings. The third-order valence-electron chi connectivity index (χ3n) is 3.31. The fraction of sp³-hybridized carbons (Fsp3) is 0.286. The van der Waals surface area contributed by atoms with Gasteiger partial charge in [0, 0.05) is 6.54 Å². The van der Waals surface area contributed by atoms with Crippen molar-refractivity contribution in [1.29, 1.82) is 0 Å². The molecule has 1 aromatic carbocycles. The van der Waals surface area contributed by atoms with E-state index in [4.69, 9.17) is 0 Å². The minimum atomic E-state index is -0.655. The summed E-state index contributed by atoms with van der Waals surface area (Å²) >= 11 is 0. The molecule has 0 spiro atoms. The summed E-state index contributed by atoms with van der Waals surface area (Å²) in [4.78, 5) is 25.1. The molecule has 0 saturated heterocycles. The number of nitrogens with zero attached hydrogens (tertiary/aromatic N) is 1. The Labute approximate surface area is 114 Å². The number of aromatic nitrogens is 2. The van der Waals surface area contributed by atoms with E-state index in [0.717, 1.165) is 15.7 Å². The van der Waals surface area contributed by atoms with Crippen molar-refractivity contribution < 1.29 is 9.50 Å². The first-order valence-electron chi connectivity index (χ1n) is 6.18. The van der Waals surface area contributed by atoms with Gasteiger partial charge in [-0.1, -0.05) is 6.07 Å². The number of H-pyrrole nitrogens is 1. The van der Waals surface area contributed by atoms with Crippen LogP contribution in [0, 0.1) is 19.7 Å². The van der Waals surface area contributed by atoms with Gasteiger partial charge in [-0.2, -0.15) is 0 Å². The topological polar surface area (TPSA) is 75.1 Å². The second kappa shape index (κ2) is 5.32. The van der Waals surface area contributed by atoms with Crippen molar-refractivity contribution in [1.82, 2.24) is 9.55 Å². The lowest BCUT2D eigenvalue weighted by atomic mass is 10.1. The van der Waals surface area contributed by atoms with Crippen LogP contribution < -0.4 is 11.2 Å². The zero-order valence-corrected chi connectivity index (χ0v) is 11.2. The Bertz CT molecular complexity index is 762. The van der Waals surface area contributed by atoms with Gasteiger partial charge in [0.15, 0.2) is 0 Å². The predicted octanol–water partition coefficient (Wildman–Crippen LogP) is 1.24. The molecule has 20 heavy (non-hydrogen) atoms. The second-order valence-corrected chi connectivity index (χ2v) is 4.68. The van der Waals surface area contributed by atoms with E-state index >= 15 is 0 Å². The first-order valence-corrected chi connectivity index (χ1v) is 6.18. The zero-order valence-electron chi connectivity index (χ0n) is 11.2. The van der Waals surface area contributed by atoms with Crippen molar-refractivity contribution in [3.63, 3.8) is 0 Å². The Hall–Kier alpha value is -2.37. The fourth-order valence-corrected chi connectivity index (χ4v) is 2.04. The number of benzene rings is 1. The highest BCUT2D eigenvalue weighted by atomic mass is 19.1. The van der Waals surface area contributed by atoms with Gasteiger partial charge in [0.25, 0.3) is 5.56 Å². The molecule has 0 aliphatic carbocycles. The quantitative estimate of drug-likeness (QED) is 0.887. The van der Waals surface area contributed by atoms with Crippen LogP contribution in [0.5, 0.6) is 5.88 Å². The minimum absolute atomic E-state index is 0.0976. The van der Waals surface area contributed by atoms with Gasteiger partial charge in [0.2, 0.25) is 5.88 Å². The number of rotatable bonds is 3.